The molecule has 20 heavy (non-hydrogen) atoms. The maximum atomic E-state index is 12.8. The van der Waals surface area contributed by atoms with Crippen molar-refractivity contribution in [3.63, 3.8) is 0 Å². The molecule has 1 aliphatic rings. The van der Waals surface area contributed by atoms with Gasteiger partial charge in [0, 0.05) is 35.0 Å². The summed E-state index contributed by atoms with van der Waals surface area (Å²) in [6, 6.07) is 2.92. The van der Waals surface area contributed by atoms with Gasteiger partial charge in [-0.3, -0.25) is 0 Å². The zero-order valence-electron chi connectivity index (χ0n) is 10.8. The number of hydrogen-bond acceptors (Lipinski definition) is 3. The summed E-state index contributed by atoms with van der Waals surface area (Å²) in [4.78, 5) is 0.0427. The van der Waals surface area contributed by atoms with Gasteiger partial charge in [0.05, 0.1) is 5.02 Å². The SMILES string of the molecule is CC1CSCCN1S(=O)(=O)c1cc(Cl)cc(CCl)c1Cl. The molecule has 1 heterocycles. The highest BCUT2D eigenvalue weighted by Gasteiger charge is 2.33. The van der Waals surface area contributed by atoms with Crippen LogP contribution in [-0.4, -0.2) is 36.8 Å². The molecule has 1 fully saturated rings. The van der Waals surface area contributed by atoms with Gasteiger partial charge in [-0.1, -0.05) is 23.2 Å². The number of sulfonamides is 1. The maximum absolute atomic E-state index is 12.8. The lowest BCUT2D eigenvalue weighted by Gasteiger charge is -2.32. The average Bonchev–Trinajstić information content (AvgIpc) is 2.41. The third-order valence-corrected chi connectivity index (χ3v) is 7.41. The Hall–Kier alpha value is 0.350. The first kappa shape index (κ1) is 16.7. The van der Waals surface area contributed by atoms with Crippen molar-refractivity contribution in [1.29, 1.82) is 0 Å². The third-order valence-electron chi connectivity index (χ3n) is 3.12. The number of alkyl halides is 1. The molecular formula is C12H14Cl3NO2S2. The van der Waals surface area contributed by atoms with Gasteiger partial charge in [-0.2, -0.15) is 16.1 Å². The van der Waals surface area contributed by atoms with E-state index in [1.54, 1.807) is 17.8 Å². The summed E-state index contributed by atoms with van der Waals surface area (Å²) in [5, 5.41) is 0.484. The maximum Gasteiger partial charge on any atom is 0.244 e. The Morgan fingerprint density at radius 3 is 2.70 bits per heavy atom. The second-order valence-corrected chi connectivity index (χ2v) is 8.64. The Labute approximate surface area is 138 Å². The van der Waals surface area contributed by atoms with Crippen molar-refractivity contribution in [2.45, 2.75) is 23.7 Å². The van der Waals surface area contributed by atoms with E-state index in [2.05, 4.69) is 0 Å². The van der Waals surface area contributed by atoms with Gasteiger partial charge in [0.2, 0.25) is 10.0 Å². The number of halogens is 3. The monoisotopic (exact) mass is 373 g/mol. The van der Waals surface area contributed by atoms with Crippen LogP contribution in [0, 0.1) is 0 Å². The molecule has 3 nitrogen and oxygen atoms in total. The van der Waals surface area contributed by atoms with Crippen LogP contribution >= 0.6 is 46.6 Å². The molecule has 0 bridgehead atoms. The molecule has 0 aromatic heterocycles. The average molecular weight is 375 g/mol. The molecule has 1 aromatic rings. The summed E-state index contributed by atoms with van der Waals surface area (Å²) in [5.41, 5.74) is 0.526. The van der Waals surface area contributed by atoms with E-state index in [9.17, 15) is 8.42 Å². The molecule has 1 aromatic carbocycles. The highest BCUT2D eigenvalue weighted by molar-refractivity contribution is 7.99. The van der Waals surface area contributed by atoms with Crippen LogP contribution in [0.4, 0.5) is 0 Å². The van der Waals surface area contributed by atoms with Gasteiger partial charge >= 0.3 is 0 Å². The molecule has 1 unspecified atom stereocenters. The number of rotatable bonds is 3. The van der Waals surface area contributed by atoms with Crippen LogP contribution in [0.3, 0.4) is 0 Å². The van der Waals surface area contributed by atoms with Crippen molar-refractivity contribution in [1.82, 2.24) is 4.31 Å². The van der Waals surface area contributed by atoms with E-state index in [1.807, 2.05) is 6.92 Å². The molecule has 0 radical (unpaired) electrons. The molecule has 0 aliphatic carbocycles. The Balaban J connectivity index is 2.51. The van der Waals surface area contributed by atoms with E-state index >= 15 is 0 Å². The van der Waals surface area contributed by atoms with Gasteiger partial charge < -0.3 is 0 Å². The lowest BCUT2D eigenvalue weighted by molar-refractivity contribution is 0.367. The minimum Gasteiger partial charge on any atom is -0.207 e. The number of hydrogen-bond donors (Lipinski definition) is 0. The van der Waals surface area contributed by atoms with Crippen molar-refractivity contribution in [3.05, 3.63) is 27.7 Å². The molecular weight excluding hydrogens is 361 g/mol. The number of thioether (sulfide) groups is 1. The highest BCUT2D eigenvalue weighted by atomic mass is 35.5. The van der Waals surface area contributed by atoms with Crippen LogP contribution < -0.4 is 0 Å². The van der Waals surface area contributed by atoms with E-state index in [0.29, 0.717) is 17.1 Å². The lowest BCUT2D eigenvalue weighted by atomic mass is 10.2. The standard InChI is InChI=1S/C12H14Cl3NO2S2/c1-8-7-19-3-2-16(8)20(17,18)11-5-10(14)4-9(6-13)12(11)15/h4-5,8H,2-3,6-7H2,1H3. The lowest BCUT2D eigenvalue weighted by Crippen LogP contribution is -2.44. The fourth-order valence-corrected chi connectivity index (χ4v) is 6.14. The molecule has 0 saturated carbocycles. The summed E-state index contributed by atoms with van der Waals surface area (Å²) in [6.07, 6.45) is 0. The van der Waals surface area contributed by atoms with Crippen LogP contribution in [-0.2, 0) is 15.9 Å². The van der Waals surface area contributed by atoms with Crippen molar-refractivity contribution < 1.29 is 8.42 Å². The zero-order valence-corrected chi connectivity index (χ0v) is 14.7. The van der Waals surface area contributed by atoms with E-state index in [0.717, 1.165) is 11.5 Å². The quantitative estimate of drug-likeness (QED) is 0.754. The molecule has 8 heteroatoms. The van der Waals surface area contributed by atoms with E-state index < -0.39 is 10.0 Å². The van der Waals surface area contributed by atoms with Crippen LogP contribution in [0.2, 0.25) is 10.0 Å². The summed E-state index contributed by atoms with van der Waals surface area (Å²) >= 11 is 19.7. The minimum absolute atomic E-state index is 0.0427. The second-order valence-electron chi connectivity index (χ2n) is 4.55. The van der Waals surface area contributed by atoms with Crippen molar-refractivity contribution >= 4 is 56.6 Å². The van der Waals surface area contributed by atoms with Crippen LogP contribution in [0.25, 0.3) is 0 Å². The summed E-state index contributed by atoms with van der Waals surface area (Å²) in [5.74, 6) is 1.68. The highest BCUT2D eigenvalue weighted by Crippen LogP contribution is 2.34. The van der Waals surface area contributed by atoms with Crippen molar-refractivity contribution in [2.75, 3.05) is 18.1 Å². The second kappa shape index (κ2) is 6.63. The molecule has 0 amide bonds. The van der Waals surface area contributed by atoms with E-state index in [1.165, 1.54) is 10.4 Å². The van der Waals surface area contributed by atoms with E-state index in [4.69, 9.17) is 34.8 Å². The van der Waals surface area contributed by atoms with Crippen LogP contribution in [0.15, 0.2) is 17.0 Å². The molecule has 1 saturated heterocycles. The first-order chi connectivity index (χ1) is 9.37. The Bertz CT molecular complexity index is 607. The summed E-state index contributed by atoms with van der Waals surface area (Å²) in [6.45, 7) is 2.37. The van der Waals surface area contributed by atoms with Gasteiger partial charge in [0.1, 0.15) is 4.90 Å². The Kier molecular flexibility index (Phi) is 5.54. The predicted octanol–water partition coefficient (Wildman–Crippen LogP) is 3.86. The first-order valence-electron chi connectivity index (χ1n) is 6.01. The fraction of sp³-hybridized carbons (Fsp3) is 0.500. The minimum atomic E-state index is -3.65. The molecule has 2 rings (SSSR count). The number of nitrogens with zero attached hydrogens (tertiary/aromatic N) is 1. The fourth-order valence-electron chi connectivity index (χ4n) is 2.10. The van der Waals surface area contributed by atoms with E-state index in [-0.39, 0.29) is 21.8 Å². The summed E-state index contributed by atoms with van der Waals surface area (Å²) in [7, 11) is -3.65. The van der Waals surface area contributed by atoms with Gasteiger partial charge in [0.15, 0.2) is 0 Å². The Morgan fingerprint density at radius 2 is 2.10 bits per heavy atom. The third kappa shape index (κ3) is 3.23. The van der Waals surface area contributed by atoms with Crippen molar-refractivity contribution in [2.24, 2.45) is 0 Å². The van der Waals surface area contributed by atoms with Crippen LogP contribution in [0.5, 0.6) is 0 Å². The predicted molar refractivity (Wildman–Crippen MR) is 86.7 cm³/mol. The zero-order chi connectivity index (χ0) is 14.9. The largest absolute Gasteiger partial charge is 0.244 e. The molecule has 0 N–H and O–H groups in total. The normalized spacial score (nSPS) is 21.1. The van der Waals surface area contributed by atoms with Crippen molar-refractivity contribution in [3.8, 4) is 0 Å². The van der Waals surface area contributed by atoms with Gasteiger partial charge in [-0.15, -0.1) is 11.6 Å². The van der Waals surface area contributed by atoms with Gasteiger partial charge in [-0.25, -0.2) is 8.42 Å². The van der Waals surface area contributed by atoms with Crippen LogP contribution in [0.1, 0.15) is 12.5 Å². The molecule has 0 spiro atoms. The first-order valence-corrected chi connectivity index (χ1v) is 9.90. The van der Waals surface area contributed by atoms with Gasteiger partial charge in [0.25, 0.3) is 0 Å². The molecule has 112 valence electrons. The Morgan fingerprint density at radius 1 is 1.40 bits per heavy atom. The molecule has 1 aliphatic heterocycles. The summed E-state index contributed by atoms with van der Waals surface area (Å²) < 4.78 is 27.0. The topological polar surface area (TPSA) is 37.4 Å². The number of benzene rings is 1. The van der Waals surface area contributed by atoms with Gasteiger partial charge in [-0.05, 0) is 24.6 Å². The smallest absolute Gasteiger partial charge is 0.207 e. The molecule has 1 atom stereocenters.